The van der Waals surface area contributed by atoms with Gasteiger partial charge in [0, 0.05) is 64.5 Å². The summed E-state index contributed by atoms with van der Waals surface area (Å²) in [5.74, 6) is 0.282. The number of para-hydroxylation sites is 3. The van der Waals surface area contributed by atoms with E-state index in [4.69, 9.17) is 4.42 Å². The van der Waals surface area contributed by atoms with Crippen molar-refractivity contribution >= 4 is 81.6 Å². The maximum Gasteiger partial charge on any atom is 0.135 e. The van der Waals surface area contributed by atoms with Crippen LogP contribution in [0.25, 0.3) is 76.0 Å². The minimum Gasteiger partial charge on any atom is -0.456 e. The molecule has 6 aromatic carbocycles. The number of aromatic nitrogens is 1. The van der Waals surface area contributed by atoms with Gasteiger partial charge in [-0.25, -0.2) is 0 Å². The van der Waals surface area contributed by atoms with Crippen LogP contribution in [0.3, 0.4) is 0 Å². The van der Waals surface area contributed by atoms with E-state index < -0.39 is 0 Å². The number of thiophene rings is 1. The lowest BCUT2D eigenvalue weighted by Gasteiger charge is -2.37. The fourth-order valence-corrected chi connectivity index (χ4v) is 10.9. The molecule has 0 radical (unpaired) electrons. The van der Waals surface area contributed by atoms with Gasteiger partial charge in [-0.1, -0.05) is 127 Å². The van der Waals surface area contributed by atoms with E-state index in [2.05, 4.69) is 192 Å². The molecule has 9 aromatic rings. The molecule has 12 rings (SSSR count). The van der Waals surface area contributed by atoms with Crippen molar-refractivity contribution in [2.24, 2.45) is 0 Å². The van der Waals surface area contributed by atoms with Crippen LogP contribution in [0.1, 0.15) is 42.7 Å². The first kappa shape index (κ1) is 33.5. The van der Waals surface area contributed by atoms with Gasteiger partial charge in [-0.3, -0.25) is 0 Å². The van der Waals surface area contributed by atoms with Crippen molar-refractivity contribution < 1.29 is 4.42 Å². The van der Waals surface area contributed by atoms with Gasteiger partial charge in [0.25, 0.3) is 0 Å². The van der Waals surface area contributed by atoms with Gasteiger partial charge < -0.3 is 13.9 Å². The van der Waals surface area contributed by atoms with Crippen molar-refractivity contribution in [2.75, 3.05) is 0 Å². The quantitative estimate of drug-likeness (QED) is 0.168. The molecule has 3 heterocycles. The molecule has 0 bridgehead atoms. The summed E-state index contributed by atoms with van der Waals surface area (Å²) in [7, 11) is 0. The average Bonchev–Trinajstić information content (AvgIpc) is 3.97. The van der Waals surface area contributed by atoms with Crippen molar-refractivity contribution in [2.45, 2.75) is 37.6 Å². The summed E-state index contributed by atoms with van der Waals surface area (Å²) in [6, 6.07) is 51.1. The summed E-state index contributed by atoms with van der Waals surface area (Å²) in [5.41, 5.74) is 12.2. The van der Waals surface area contributed by atoms with E-state index in [1.165, 1.54) is 86.4 Å². The molecule has 3 nitrogen and oxygen atoms in total. The number of nitrogens with zero attached hydrogens (tertiary/aromatic N) is 2. The highest BCUT2D eigenvalue weighted by molar-refractivity contribution is 7.25. The zero-order valence-corrected chi connectivity index (χ0v) is 32.8. The Bertz CT molecular complexity index is 3370. The van der Waals surface area contributed by atoms with Gasteiger partial charge >= 0.3 is 0 Å². The third kappa shape index (κ3) is 5.39. The lowest BCUT2D eigenvalue weighted by atomic mass is 9.89. The summed E-state index contributed by atoms with van der Waals surface area (Å²) >= 11 is 1.89. The molecule has 0 amide bonds. The summed E-state index contributed by atoms with van der Waals surface area (Å²) in [4.78, 5) is 2.63. The fraction of sp³-hybridized carbons (Fsp3) is 0.111. The van der Waals surface area contributed by atoms with Crippen LogP contribution >= 0.6 is 11.3 Å². The van der Waals surface area contributed by atoms with Gasteiger partial charge in [0.1, 0.15) is 11.0 Å². The largest absolute Gasteiger partial charge is 0.456 e. The predicted octanol–water partition coefficient (Wildman–Crippen LogP) is 12.9. The van der Waals surface area contributed by atoms with Crippen molar-refractivity contribution in [3.8, 4) is 5.69 Å². The summed E-state index contributed by atoms with van der Waals surface area (Å²) in [6.45, 7) is 0. The lowest BCUT2D eigenvalue weighted by Crippen LogP contribution is -2.39. The second-order valence-corrected chi connectivity index (χ2v) is 16.9. The maximum absolute atomic E-state index is 6.48. The maximum atomic E-state index is 6.48. The van der Waals surface area contributed by atoms with Crippen LogP contribution < -0.4 is 10.6 Å². The fourth-order valence-electron chi connectivity index (χ4n) is 9.79. The number of hydrogen-bond acceptors (Lipinski definition) is 3. The first-order valence-electron chi connectivity index (χ1n) is 20.5. The van der Waals surface area contributed by atoms with Crippen LogP contribution in [0.15, 0.2) is 186 Å². The molecule has 0 spiro atoms. The van der Waals surface area contributed by atoms with Crippen molar-refractivity contribution in [1.29, 1.82) is 0 Å². The predicted molar refractivity (Wildman–Crippen MR) is 245 cm³/mol. The van der Waals surface area contributed by atoms with Crippen LogP contribution in [0.2, 0.25) is 0 Å². The second kappa shape index (κ2) is 13.5. The summed E-state index contributed by atoms with van der Waals surface area (Å²) in [5, 5.41) is 7.71. The Morgan fingerprint density at radius 3 is 2.24 bits per heavy atom. The van der Waals surface area contributed by atoms with Crippen molar-refractivity contribution in [3.63, 3.8) is 0 Å². The number of fused-ring (bicyclic) bond motifs is 9. The van der Waals surface area contributed by atoms with E-state index in [1.54, 1.807) is 0 Å². The van der Waals surface area contributed by atoms with E-state index in [0.29, 0.717) is 0 Å². The SMILES string of the molecule is C1=CC(N(C2=CCC(c3ccc4c5ccccc5n(-c5ccccc5)c4c3)C=C2)C2=c3c(oc4ccccc34)=CCC2)CC=C1c1ccc2c(c1)sc1ccccc12. The van der Waals surface area contributed by atoms with Gasteiger partial charge in [0.15, 0.2) is 0 Å². The molecular formula is C54H40N2OS. The van der Waals surface area contributed by atoms with Gasteiger partial charge in [0.05, 0.1) is 17.1 Å². The molecule has 3 aliphatic carbocycles. The summed E-state index contributed by atoms with van der Waals surface area (Å²) in [6.07, 6.45) is 20.6. The monoisotopic (exact) mass is 764 g/mol. The normalized spacial score (nSPS) is 17.9. The summed E-state index contributed by atoms with van der Waals surface area (Å²) < 4.78 is 11.6. The number of furan rings is 1. The first-order valence-corrected chi connectivity index (χ1v) is 21.3. The highest BCUT2D eigenvalue weighted by Crippen LogP contribution is 2.40. The van der Waals surface area contributed by atoms with Crippen molar-refractivity contribution in [3.05, 3.63) is 203 Å². The molecule has 0 saturated carbocycles. The smallest absolute Gasteiger partial charge is 0.135 e. The number of hydrogen-bond donors (Lipinski definition) is 0. The Morgan fingerprint density at radius 1 is 0.603 bits per heavy atom. The third-order valence-electron chi connectivity index (χ3n) is 12.5. The number of rotatable bonds is 6. The van der Waals surface area contributed by atoms with Crippen molar-refractivity contribution in [1.82, 2.24) is 9.47 Å². The highest BCUT2D eigenvalue weighted by Gasteiger charge is 2.28. The zero-order chi connectivity index (χ0) is 38.2. The lowest BCUT2D eigenvalue weighted by molar-refractivity contribution is 0.404. The molecule has 0 fully saturated rings. The van der Waals surface area contributed by atoms with Crippen LogP contribution in [0.5, 0.6) is 0 Å². The Morgan fingerprint density at radius 2 is 1.38 bits per heavy atom. The molecule has 2 atom stereocenters. The van der Waals surface area contributed by atoms with E-state index in [1.807, 2.05) is 11.3 Å². The Balaban J connectivity index is 0.917. The molecule has 3 aromatic heterocycles. The van der Waals surface area contributed by atoms with Gasteiger partial charge in [-0.15, -0.1) is 11.3 Å². The molecule has 4 heteroatoms. The van der Waals surface area contributed by atoms with Crippen LogP contribution in [-0.4, -0.2) is 15.5 Å². The number of allylic oxidation sites excluding steroid dienone is 5. The standard InChI is InChI=1S/C54H40N2OS/c1-2-11-39(12-3-1)56-47-16-7-4-13-42(47)43-31-25-37(33-49(43)56)35-21-27-40(28-22-35)55(48-17-10-19-51-54(48)46-15-5-8-18-50(46)57-51)41-29-23-36(24-30-41)38-26-32-45-44-14-6-9-20-52(44)58-53(45)34-38/h1-9,11-16,18-21,23-29,31-35,41H,10,17,22,30H2. The van der Waals surface area contributed by atoms with E-state index in [0.717, 1.165) is 36.7 Å². The molecule has 58 heavy (non-hydrogen) atoms. The van der Waals surface area contributed by atoms with Gasteiger partial charge in [0.2, 0.25) is 0 Å². The Kier molecular flexibility index (Phi) is 7.80. The first-order chi connectivity index (χ1) is 28.7. The van der Waals surface area contributed by atoms with Gasteiger partial charge in [-0.2, -0.15) is 0 Å². The molecule has 3 aliphatic rings. The molecular weight excluding hydrogens is 725 g/mol. The van der Waals surface area contributed by atoms with Crippen LogP contribution in [0, 0.1) is 0 Å². The zero-order valence-electron chi connectivity index (χ0n) is 32.0. The van der Waals surface area contributed by atoms with E-state index in [-0.39, 0.29) is 12.0 Å². The topological polar surface area (TPSA) is 21.3 Å². The van der Waals surface area contributed by atoms with E-state index in [9.17, 15) is 0 Å². The molecule has 0 aliphatic heterocycles. The average molecular weight is 765 g/mol. The molecule has 278 valence electrons. The van der Waals surface area contributed by atoms with E-state index >= 15 is 0 Å². The molecule has 0 N–H and O–H groups in total. The van der Waals surface area contributed by atoms with Crippen LogP contribution in [0.4, 0.5) is 0 Å². The highest BCUT2D eigenvalue weighted by atomic mass is 32.1. The Labute approximate surface area is 340 Å². The third-order valence-corrected chi connectivity index (χ3v) is 13.7. The minimum absolute atomic E-state index is 0.178. The Hall–Kier alpha value is -6.62. The van der Waals surface area contributed by atoms with Gasteiger partial charge in [-0.05, 0) is 97.0 Å². The second-order valence-electron chi connectivity index (χ2n) is 15.8. The van der Waals surface area contributed by atoms with Crippen LogP contribution in [-0.2, 0) is 0 Å². The minimum atomic E-state index is 0.178. The number of benzene rings is 6. The molecule has 0 saturated heterocycles. The molecule has 2 unspecified atom stereocenters.